The summed E-state index contributed by atoms with van der Waals surface area (Å²) in [6, 6.07) is 3.53. The van der Waals surface area contributed by atoms with Crippen molar-refractivity contribution in [2.75, 3.05) is 34.9 Å². The molecule has 0 aromatic heterocycles. The Hall–Kier alpha value is -2.69. The molecule has 0 saturated heterocycles. The number of carbonyl (C=O) groups excluding carboxylic acids is 2. The van der Waals surface area contributed by atoms with Crippen molar-refractivity contribution in [1.29, 1.82) is 0 Å². The van der Waals surface area contributed by atoms with Crippen molar-refractivity contribution in [2.45, 2.75) is 46.6 Å². The molecule has 0 radical (unpaired) electrons. The number of aldehydes is 1. The van der Waals surface area contributed by atoms with Crippen LogP contribution in [0.25, 0.3) is 0 Å². The number of hydrazone groups is 1. The lowest BCUT2D eigenvalue weighted by Gasteiger charge is -2.06. The van der Waals surface area contributed by atoms with Crippen LogP contribution in [-0.2, 0) is 9.53 Å². The Kier molecular flexibility index (Phi) is 25.4. The number of halogens is 2. The van der Waals surface area contributed by atoms with Crippen molar-refractivity contribution in [1.82, 2.24) is 15.6 Å². The third-order valence-electron chi connectivity index (χ3n) is 3.31. The van der Waals surface area contributed by atoms with E-state index >= 15 is 0 Å². The van der Waals surface area contributed by atoms with Gasteiger partial charge in [0.05, 0.1) is 6.21 Å². The summed E-state index contributed by atoms with van der Waals surface area (Å²) >= 11 is 0. The van der Waals surface area contributed by atoms with E-state index in [4.69, 9.17) is 5.73 Å². The van der Waals surface area contributed by atoms with Crippen LogP contribution in [0, 0.1) is 11.6 Å². The first-order valence-electron chi connectivity index (χ1n) is 10.5. The van der Waals surface area contributed by atoms with Crippen molar-refractivity contribution in [2.24, 2.45) is 10.8 Å². The summed E-state index contributed by atoms with van der Waals surface area (Å²) in [5.74, 6) is -2.81. The maximum Gasteiger partial charge on any atom is 0.261 e. The summed E-state index contributed by atoms with van der Waals surface area (Å²) < 4.78 is 30.9. The van der Waals surface area contributed by atoms with Crippen molar-refractivity contribution in [3.05, 3.63) is 47.3 Å². The summed E-state index contributed by atoms with van der Waals surface area (Å²) in [7, 11) is 7.42. The smallest absolute Gasteiger partial charge is 0.261 e. The molecule has 0 bridgehead atoms. The lowest BCUT2D eigenvalue weighted by molar-refractivity contribution is -0.102. The number of methoxy groups -OCH3 is 1. The van der Waals surface area contributed by atoms with Crippen molar-refractivity contribution in [3.63, 3.8) is 0 Å². The van der Waals surface area contributed by atoms with E-state index in [1.165, 1.54) is 32.2 Å². The van der Waals surface area contributed by atoms with Crippen LogP contribution in [0.3, 0.4) is 0 Å². The molecule has 1 unspecified atom stereocenters. The fourth-order valence-corrected chi connectivity index (χ4v) is 1.65. The van der Waals surface area contributed by atoms with Crippen molar-refractivity contribution in [3.8, 4) is 0 Å². The van der Waals surface area contributed by atoms with E-state index in [2.05, 4.69) is 53.4 Å². The summed E-state index contributed by atoms with van der Waals surface area (Å²) in [6.07, 6.45) is 5.02. The first-order chi connectivity index (χ1) is 15.5. The summed E-state index contributed by atoms with van der Waals surface area (Å²) in [4.78, 5) is 23.7. The first-order valence-corrected chi connectivity index (χ1v) is 10.5. The second-order valence-corrected chi connectivity index (χ2v) is 7.02. The standard InChI is InChI=1S/C12H11F2N3O2.C5H13N.C4H11N.C2H6O/c1-8(7-16-15-5-6-18)17-12(19)11-9(13)3-2-4-10(11)14;1-4-5-6(2)3;1-3-4(2)5;1-3-2/h2-7,16H,1H3,(H,17,19);4-5H2,1-3H3;4H,3,5H2,1-2H3;1-2H3/b8-7+,15-5+;;;. The largest absolute Gasteiger partial charge is 0.388 e. The van der Waals surface area contributed by atoms with Gasteiger partial charge in [0.15, 0.2) is 6.29 Å². The zero-order valence-electron chi connectivity index (χ0n) is 21.1. The number of nitrogens with one attached hydrogen (secondary N) is 2. The van der Waals surface area contributed by atoms with E-state index in [9.17, 15) is 18.4 Å². The normalized spacial score (nSPS) is 11.2. The molecule has 0 fully saturated rings. The molecule has 4 N–H and O–H groups in total. The van der Waals surface area contributed by atoms with E-state index < -0.39 is 23.1 Å². The molecular weight excluding hydrogens is 432 g/mol. The van der Waals surface area contributed by atoms with Gasteiger partial charge in [0.2, 0.25) is 0 Å². The van der Waals surface area contributed by atoms with Gasteiger partial charge in [0.1, 0.15) is 17.2 Å². The number of ether oxygens (including phenoxy) is 1. The molecule has 190 valence electrons. The number of amides is 1. The quantitative estimate of drug-likeness (QED) is 0.304. The average Bonchev–Trinajstić information content (AvgIpc) is 2.72. The van der Waals surface area contributed by atoms with E-state index in [1.54, 1.807) is 14.2 Å². The highest BCUT2D eigenvalue weighted by molar-refractivity contribution is 6.12. The fraction of sp³-hybridized carbons (Fsp3) is 0.522. The van der Waals surface area contributed by atoms with Crippen molar-refractivity contribution < 1.29 is 23.1 Å². The molecule has 0 aliphatic carbocycles. The summed E-state index contributed by atoms with van der Waals surface area (Å²) in [5.41, 5.74) is 7.25. The molecule has 33 heavy (non-hydrogen) atoms. The van der Waals surface area contributed by atoms with Crippen LogP contribution in [0.2, 0.25) is 0 Å². The molecule has 0 heterocycles. The summed E-state index contributed by atoms with van der Waals surface area (Å²) in [5, 5.41) is 5.70. The summed E-state index contributed by atoms with van der Waals surface area (Å²) in [6.45, 7) is 8.95. The number of rotatable bonds is 8. The number of hydrogen-bond donors (Lipinski definition) is 3. The van der Waals surface area contributed by atoms with Crippen LogP contribution in [0.1, 0.15) is 50.9 Å². The van der Waals surface area contributed by atoms with Gasteiger partial charge < -0.3 is 20.7 Å². The third kappa shape index (κ3) is 23.8. The Balaban J connectivity index is -0.000000526. The van der Waals surface area contributed by atoms with Crippen LogP contribution < -0.4 is 16.5 Å². The molecule has 1 atom stereocenters. The molecular formula is C23H41F2N5O3. The number of nitrogens with two attached hydrogens (primary N) is 1. The van der Waals surface area contributed by atoms with Gasteiger partial charge in [-0.25, -0.2) is 8.78 Å². The minimum atomic E-state index is -0.947. The third-order valence-corrected chi connectivity index (χ3v) is 3.31. The maximum absolute atomic E-state index is 13.3. The molecule has 0 saturated carbocycles. The monoisotopic (exact) mass is 473 g/mol. The minimum Gasteiger partial charge on any atom is -0.388 e. The molecule has 1 aromatic rings. The predicted molar refractivity (Wildman–Crippen MR) is 131 cm³/mol. The second kappa shape index (κ2) is 24.0. The predicted octanol–water partition coefficient (Wildman–Crippen LogP) is 3.29. The van der Waals surface area contributed by atoms with Crippen LogP contribution in [0.5, 0.6) is 0 Å². The molecule has 8 nitrogen and oxygen atoms in total. The number of hydrogen-bond acceptors (Lipinski definition) is 7. The highest BCUT2D eigenvalue weighted by Crippen LogP contribution is 2.12. The van der Waals surface area contributed by atoms with Crippen LogP contribution >= 0.6 is 0 Å². The van der Waals surface area contributed by atoms with Gasteiger partial charge in [0.25, 0.3) is 5.91 Å². The van der Waals surface area contributed by atoms with E-state index in [0.29, 0.717) is 12.3 Å². The van der Waals surface area contributed by atoms with Gasteiger partial charge in [-0.05, 0) is 59.5 Å². The van der Waals surface area contributed by atoms with Gasteiger partial charge in [-0.15, -0.1) is 0 Å². The lowest BCUT2D eigenvalue weighted by Crippen LogP contribution is -2.24. The zero-order valence-corrected chi connectivity index (χ0v) is 21.1. The molecule has 1 amide bonds. The maximum atomic E-state index is 13.3. The number of nitrogens with zero attached hydrogens (tertiary/aromatic N) is 2. The van der Waals surface area contributed by atoms with Gasteiger partial charge in [-0.2, -0.15) is 5.10 Å². The Morgan fingerprint density at radius 1 is 1.24 bits per heavy atom. The Morgan fingerprint density at radius 3 is 2.06 bits per heavy atom. The average molecular weight is 474 g/mol. The van der Waals surface area contributed by atoms with Gasteiger partial charge >= 0.3 is 0 Å². The molecule has 1 rings (SSSR count). The molecule has 0 aliphatic rings. The Bertz CT molecular complexity index is 676. The highest BCUT2D eigenvalue weighted by atomic mass is 19.1. The number of carbonyl (C=O) groups is 2. The SMILES string of the molecule is C/C(=C\N/N=C/C=O)NC(=O)c1c(F)cccc1F.CCC(C)N.CCCN(C)C.COC. The van der Waals surface area contributed by atoms with E-state index in [1.807, 2.05) is 6.92 Å². The van der Waals surface area contributed by atoms with Gasteiger partial charge in [-0.3, -0.25) is 15.0 Å². The first kappa shape index (κ1) is 34.9. The second-order valence-electron chi connectivity index (χ2n) is 7.02. The van der Waals surface area contributed by atoms with Crippen molar-refractivity contribution >= 4 is 18.4 Å². The topological polar surface area (TPSA) is 109 Å². The van der Waals surface area contributed by atoms with Crippen LogP contribution in [0.15, 0.2) is 35.2 Å². The van der Waals surface area contributed by atoms with Gasteiger partial charge in [-0.1, -0.05) is 19.9 Å². The number of benzene rings is 1. The molecule has 0 spiro atoms. The van der Waals surface area contributed by atoms with Crippen LogP contribution in [-0.4, -0.2) is 64.2 Å². The van der Waals surface area contributed by atoms with Crippen LogP contribution in [0.4, 0.5) is 8.78 Å². The zero-order chi connectivity index (χ0) is 26.2. The fourth-order valence-electron chi connectivity index (χ4n) is 1.65. The Labute approximate surface area is 197 Å². The number of allylic oxidation sites excluding steroid dienone is 1. The molecule has 0 aliphatic heterocycles. The Morgan fingerprint density at radius 2 is 1.73 bits per heavy atom. The van der Waals surface area contributed by atoms with E-state index in [0.717, 1.165) is 24.8 Å². The highest BCUT2D eigenvalue weighted by Gasteiger charge is 2.16. The minimum absolute atomic E-state index is 0.274. The van der Waals surface area contributed by atoms with E-state index in [-0.39, 0.29) is 5.70 Å². The molecule has 1 aromatic carbocycles. The van der Waals surface area contributed by atoms with Gasteiger partial charge in [0, 0.05) is 32.2 Å². The lowest BCUT2D eigenvalue weighted by atomic mass is 10.2. The molecule has 10 heteroatoms.